The zero-order chi connectivity index (χ0) is 24.7. The minimum absolute atomic E-state index is 0.0586. The summed E-state index contributed by atoms with van der Waals surface area (Å²) in [7, 11) is 0. The second-order valence-electron chi connectivity index (χ2n) is 7.23. The third-order valence-electron chi connectivity index (χ3n) is 4.50. The highest BCUT2D eigenvalue weighted by Gasteiger charge is 2.21. The van der Waals surface area contributed by atoms with E-state index >= 15 is 0 Å². The number of amides is 2. The van der Waals surface area contributed by atoms with E-state index in [-0.39, 0.29) is 17.0 Å². The van der Waals surface area contributed by atoms with E-state index in [2.05, 4.69) is 15.8 Å². The van der Waals surface area contributed by atoms with Crippen LogP contribution in [-0.4, -0.2) is 28.9 Å². The van der Waals surface area contributed by atoms with Crippen LogP contribution in [0.4, 0.5) is 11.4 Å². The van der Waals surface area contributed by atoms with Gasteiger partial charge < -0.3 is 10.1 Å². The highest BCUT2D eigenvalue weighted by atomic mass is 16.6. The number of nitro groups is 1. The van der Waals surface area contributed by atoms with Crippen LogP contribution < -0.4 is 15.5 Å². The lowest BCUT2D eigenvalue weighted by molar-refractivity contribution is -0.385. The lowest BCUT2D eigenvalue weighted by Gasteiger charge is -2.08. The molecule has 0 saturated heterocycles. The molecule has 0 fully saturated rings. The van der Waals surface area contributed by atoms with E-state index in [1.165, 1.54) is 36.5 Å². The summed E-state index contributed by atoms with van der Waals surface area (Å²) in [5.74, 6) is -2.77. The molecule has 0 heterocycles. The van der Waals surface area contributed by atoms with Crippen molar-refractivity contribution in [3.8, 4) is 5.75 Å². The number of rotatable bonds is 6. The Morgan fingerprint density at radius 1 is 0.941 bits per heavy atom. The van der Waals surface area contributed by atoms with Crippen LogP contribution in [0.25, 0.3) is 0 Å². The molecule has 2 N–H and O–H groups in total. The van der Waals surface area contributed by atoms with Gasteiger partial charge in [-0.2, -0.15) is 5.10 Å². The first-order valence-corrected chi connectivity index (χ1v) is 10.0. The van der Waals surface area contributed by atoms with E-state index in [4.69, 9.17) is 4.74 Å². The van der Waals surface area contributed by atoms with Crippen molar-refractivity contribution in [2.75, 3.05) is 5.32 Å². The van der Waals surface area contributed by atoms with E-state index < -0.39 is 22.7 Å². The predicted octanol–water partition coefficient (Wildman–Crippen LogP) is 3.52. The van der Waals surface area contributed by atoms with Crippen LogP contribution in [0.15, 0.2) is 71.8 Å². The van der Waals surface area contributed by atoms with Crippen LogP contribution >= 0.6 is 0 Å². The van der Waals surface area contributed by atoms with Gasteiger partial charge in [-0.15, -0.1) is 0 Å². The molecule has 0 unspecified atom stereocenters. The second-order valence-corrected chi connectivity index (χ2v) is 7.23. The summed E-state index contributed by atoms with van der Waals surface area (Å²) in [4.78, 5) is 47.2. The van der Waals surface area contributed by atoms with Gasteiger partial charge in [-0.05, 0) is 55.3 Å². The standard InChI is InChI=1S/C24H20N4O6/c1-15-11-16(2)13-18(12-15)26-22(29)23(30)27-25-14-17-7-3-6-10-21(17)34-24(31)19-8-4-5-9-20(19)28(32)33/h3-14H,1-2H3,(H,26,29)(H,27,30). The lowest BCUT2D eigenvalue weighted by atomic mass is 10.1. The number of hydrogen-bond donors (Lipinski definition) is 2. The summed E-state index contributed by atoms with van der Waals surface area (Å²) in [5, 5.41) is 17.4. The topological polar surface area (TPSA) is 140 Å². The van der Waals surface area contributed by atoms with E-state index in [0.717, 1.165) is 11.1 Å². The van der Waals surface area contributed by atoms with E-state index in [9.17, 15) is 24.5 Å². The molecule has 3 rings (SSSR count). The van der Waals surface area contributed by atoms with Crippen LogP contribution in [-0.2, 0) is 9.59 Å². The van der Waals surface area contributed by atoms with E-state index in [0.29, 0.717) is 11.3 Å². The minimum atomic E-state index is -0.996. The number of hydrogen-bond acceptors (Lipinski definition) is 7. The fourth-order valence-corrected chi connectivity index (χ4v) is 3.09. The quantitative estimate of drug-likeness (QED) is 0.144. The molecular weight excluding hydrogens is 440 g/mol. The molecule has 3 aromatic carbocycles. The molecule has 34 heavy (non-hydrogen) atoms. The summed E-state index contributed by atoms with van der Waals surface area (Å²) in [6.07, 6.45) is 1.18. The molecule has 0 aliphatic rings. The first-order valence-electron chi connectivity index (χ1n) is 10.0. The zero-order valence-corrected chi connectivity index (χ0v) is 18.3. The molecule has 0 aliphatic carbocycles. The molecule has 0 bridgehead atoms. The van der Waals surface area contributed by atoms with Crippen molar-refractivity contribution in [2.45, 2.75) is 13.8 Å². The summed E-state index contributed by atoms with van der Waals surface area (Å²) in [5.41, 5.74) is 4.14. The molecule has 10 heteroatoms. The maximum Gasteiger partial charge on any atom is 0.350 e. The van der Waals surface area contributed by atoms with Gasteiger partial charge in [0, 0.05) is 17.3 Å². The number of nitro benzene ring substituents is 1. The number of anilines is 1. The highest BCUT2D eigenvalue weighted by molar-refractivity contribution is 6.39. The first kappa shape index (κ1) is 23.8. The van der Waals surface area contributed by atoms with Gasteiger partial charge in [0.2, 0.25) is 0 Å². The van der Waals surface area contributed by atoms with Crippen molar-refractivity contribution >= 4 is 35.4 Å². The number of carbonyl (C=O) groups excluding carboxylic acids is 3. The Labute approximate surface area is 194 Å². The molecule has 0 saturated carbocycles. The molecule has 2 amide bonds. The predicted molar refractivity (Wildman–Crippen MR) is 125 cm³/mol. The fourth-order valence-electron chi connectivity index (χ4n) is 3.09. The minimum Gasteiger partial charge on any atom is -0.422 e. The monoisotopic (exact) mass is 460 g/mol. The first-order chi connectivity index (χ1) is 16.2. The number of nitrogens with one attached hydrogen (secondary N) is 2. The Morgan fingerprint density at radius 3 is 2.29 bits per heavy atom. The molecule has 172 valence electrons. The van der Waals surface area contributed by atoms with E-state index in [1.54, 1.807) is 30.3 Å². The van der Waals surface area contributed by atoms with Gasteiger partial charge in [0.25, 0.3) is 5.69 Å². The maximum atomic E-state index is 12.5. The van der Waals surface area contributed by atoms with Crippen molar-refractivity contribution in [3.63, 3.8) is 0 Å². The highest BCUT2D eigenvalue weighted by Crippen LogP contribution is 2.22. The Hall–Kier alpha value is -4.86. The van der Waals surface area contributed by atoms with Crippen molar-refractivity contribution in [2.24, 2.45) is 5.10 Å². The van der Waals surface area contributed by atoms with Crippen LogP contribution in [0.1, 0.15) is 27.0 Å². The van der Waals surface area contributed by atoms with Crippen LogP contribution in [0.3, 0.4) is 0 Å². The summed E-state index contributed by atoms with van der Waals surface area (Å²) < 4.78 is 5.30. The fraction of sp³-hybridized carbons (Fsp3) is 0.0833. The zero-order valence-electron chi connectivity index (χ0n) is 18.3. The van der Waals surface area contributed by atoms with Gasteiger partial charge in [-0.1, -0.05) is 30.3 Å². The molecule has 0 spiro atoms. The van der Waals surface area contributed by atoms with Gasteiger partial charge in [0.1, 0.15) is 11.3 Å². The van der Waals surface area contributed by atoms with Crippen molar-refractivity contribution in [3.05, 3.63) is 99.1 Å². The molecule has 3 aromatic rings. The van der Waals surface area contributed by atoms with Crippen LogP contribution in [0.2, 0.25) is 0 Å². The molecule has 0 radical (unpaired) electrons. The molecule has 0 aliphatic heterocycles. The van der Waals surface area contributed by atoms with Crippen LogP contribution in [0, 0.1) is 24.0 Å². The molecular formula is C24H20N4O6. The van der Waals surface area contributed by atoms with Crippen LogP contribution in [0.5, 0.6) is 5.75 Å². The number of hydrazone groups is 1. The molecule has 10 nitrogen and oxygen atoms in total. The SMILES string of the molecule is Cc1cc(C)cc(NC(=O)C(=O)NN=Cc2ccccc2OC(=O)c2ccccc2[N+](=O)[O-])c1. The van der Waals surface area contributed by atoms with Gasteiger partial charge in [-0.3, -0.25) is 19.7 Å². The smallest absolute Gasteiger partial charge is 0.350 e. The number of aryl methyl sites for hydroxylation is 2. The normalized spacial score (nSPS) is 10.5. The molecule has 0 aromatic heterocycles. The number of nitrogens with zero attached hydrogens (tertiary/aromatic N) is 2. The van der Waals surface area contributed by atoms with Crippen molar-refractivity contribution in [1.29, 1.82) is 0 Å². The second kappa shape index (κ2) is 10.6. The Morgan fingerprint density at radius 2 is 1.59 bits per heavy atom. The number of ether oxygens (including phenoxy) is 1. The number of esters is 1. The third kappa shape index (κ3) is 6.10. The van der Waals surface area contributed by atoms with Gasteiger partial charge >= 0.3 is 17.8 Å². The maximum absolute atomic E-state index is 12.5. The Bertz CT molecular complexity index is 1280. The Balaban J connectivity index is 1.67. The molecule has 0 atom stereocenters. The van der Waals surface area contributed by atoms with E-state index in [1.807, 2.05) is 19.9 Å². The lowest BCUT2D eigenvalue weighted by Crippen LogP contribution is -2.32. The van der Waals surface area contributed by atoms with Gasteiger partial charge in [0.05, 0.1) is 11.1 Å². The summed E-state index contributed by atoms with van der Waals surface area (Å²) in [6.45, 7) is 3.74. The van der Waals surface area contributed by atoms with Crippen molar-refractivity contribution in [1.82, 2.24) is 5.43 Å². The van der Waals surface area contributed by atoms with Crippen molar-refractivity contribution < 1.29 is 24.0 Å². The van der Waals surface area contributed by atoms with Gasteiger partial charge in [-0.25, -0.2) is 10.2 Å². The summed E-state index contributed by atoms with van der Waals surface area (Å²) in [6, 6.07) is 17.0. The average molecular weight is 460 g/mol. The van der Waals surface area contributed by atoms with Gasteiger partial charge in [0.15, 0.2) is 0 Å². The number of para-hydroxylation sites is 2. The largest absolute Gasteiger partial charge is 0.422 e. The average Bonchev–Trinajstić information content (AvgIpc) is 2.79. The number of benzene rings is 3. The number of carbonyl (C=O) groups is 3. The Kier molecular flexibility index (Phi) is 7.45. The summed E-state index contributed by atoms with van der Waals surface area (Å²) >= 11 is 0. The third-order valence-corrected chi connectivity index (χ3v) is 4.50.